The van der Waals surface area contributed by atoms with Gasteiger partial charge in [-0.25, -0.2) is 0 Å². The first-order valence-electron chi connectivity index (χ1n) is 9.45. The third kappa shape index (κ3) is 5.45. The Balaban J connectivity index is 1.99. The van der Waals surface area contributed by atoms with E-state index in [2.05, 4.69) is 0 Å². The van der Waals surface area contributed by atoms with E-state index >= 15 is 0 Å². The van der Waals surface area contributed by atoms with E-state index in [0.29, 0.717) is 11.1 Å². The van der Waals surface area contributed by atoms with Crippen molar-refractivity contribution >= 4 is 56.8 Å². The van der Waals surface area contributed by atoms with E-state index < -0.39 is 9.85 Å². The second kappa shape index (κ2) is 10.4. The van der Waals surface area contributed by atoms with Crippen LogP contribution in [0.4, 0.5) is 11.4 Å². The number of rotatable bonds is 6. The number of nitro benzene ring substituents is 2. The predicted octanol–water partition coefficient (Wildman–Crippen LogP) is 6.72. The van der Waals surface area contributed by atoms with Crippen LogP contribution in [-0.2, 0) is 0 Å². The minimum atomic E-state index is -0.615. The Hall–Kier alpha value is -4.50. The highest BCUT2D eigenvalue weighted by molar-refractivity contribution is 6.52. The van der Waals surface area contributed by atoms with Crippen molar-refractivity contribution in [2.45, 2.75) is 0 Å². The van der Waals surface area contributed by atoms with Gasteiger partial charge < -0.3 is 0 Å². The summed E-state index contributed by atoms with van der Waals surface area (Å²) in [5, 5.41) is 40.9. The first-order valence-corrected chi connectivity index (χ1v) is 10.2. The highest BCUT2D eigenvalue weighted by atomic mass is 35.5. The summed E-state index contributed by atoms with van der Waals surface area (Å²) in [6.07, 6.45) is 3.04. The number of halogens is 2. The largest absolute Gasteiger partial charge is 0.279 e. The molecule has 34 heavy (non-hydrogen) atoms. The monoisotopic (exact) mass is 490 g/mol. The van der Waals surface area contributed by atoms with Crippen LogP contribution >= 0.6 is 23.2 Å². The Morgan fingerprint density at radius 2 is 1.15 bits per heavy atom. The van der Waals surface area contributed by atoms with E-state index in [4.69, 9.17) is 33.7 Å². The highest BCUT2D eigenvalue weighted by Crippen LogP contribution is 2.33. The molecule has 0 heterocycles. The molecule has 0 saturated carbocycles. The fraction of sp³-hybridized carbons (Fsp3) is 0. The first kappa shape index (κ1) is 24.1. The van der Waals surface area contributed by atoms with Crippen molar-refractivity contribution in [1.29, 1.82) is 10.5 Å². The molecule has 0 atom stereocenters. The quantitative estimate of drug-likeness (QED) is 0.213. The van der Waals surface area contributed by atoms with Gasteiger partial charge in [-0.15, -0.1) is 0 Å². The average molecular weight is 491 g/mol. The number of nitrogens with zero attached hydrogens (tertiary/aromatic N) is 4. The normalized spacial score (nSPS) is 11.4. The van der Waals surface area contributed by atoms with Gasteiger partial charge in [-0.2, -0.15) is 10.5 Å². The molecule has 166 valence electrons. The maximum absolute atomic E-state index is 11.4. The van der Waals surface area contributed by atoms with Crippen LogP contribution in [0.15, 0.2) is 60.7 Å². The van der Waals surface area contributed by atoms with Crippen LogP contribution in [0.3, 0.4) is 0 Å². The molecular formula is C24H12Cl2N4O4. The standard InChI is InChI=1S/C24H12Cl2N4O4/c25-21(19-6-4-17(13-27)11-23(19)29(31)32)9-15-2-1-3-16(8-15)10-22(26)20-7-5-18(14-28)12-24(20)30(33)34/h1-12H/b21-9-,22-10-. The number of benzene rings is 3. The molecule has 8 nitrogen and oxygen atoms in total. The van der Waals surface area contributed by atoms with Crippen molar-refractivity contribution in [2.75, 3.05) is 0 Å². The summed E-state index contributed by atoms with van der Waals surface area (Å²) in [6, 6.07) is 18.5. The topological polar surface area (TPSA) is 134 Å². The molecule has 0 saturated heterocycles. The van der Waals surface area contributed by atoms with E-state index in [-0.39, 0.29) is 43.7 Å². The smallest absolute Gasteiger partial charge is 0.258 e. The zero-order chi connectivity index (χ0) is 24.8. The summed E-state index contributed by atoms with van der Waals surface area (Å²) < 4.78 is 0. The van der Waals surface area contributed by atoms with Crippen molar-refractivity contribution in [3.05, 3.63) is 114 Å². The highest BCUT2D eigenvalue weighted by Gasteiger charge is 2.18. The van der Waals surface area contributed by atoms with Crippen LogP contribution in [0.1, 0.15) is 33.4 Å². The Bertz CT molecular complexity index is 1360. The van der Waals surface area contributed by atoms with Gasteiger partial charge >= 0.3 is 0 Å². The third-order valence-electron chi connectivity index (χ3n) is 4.66. The molecule has 0 radical (unpaired) electrons. The maximum atomic E-state index is 11.4. The predicted molar refractivity (Wildman–Crippen MR) is 130 cm³/mol. The lowest BCUT2D eigenvalue weighted by Crippen LogP contribution is -1.94. The van der Waals surface area contributed by atoms with E-state index in [0.717, 1.165) is 12.1 Å². The van der Waals surface area contributed by atoms with E-state index in [1.54, 1.807) is 24.3 Å². The molecular weight excluding hydrogens is 479 g/mol. The van der Waals surface area contributed by atoms with Crippen molar-refractivity contribution in [3.63, 3.8) is 0 Å². The molecule has 3 aromatic rings. The van der Waals surface area contributed by atoms with Crippen molar-refractivity contribution in [2.24, 2.45) is 0 Å². The van der Waals surface area contributed by atoms with E-state index in [1.807, 2.05) is 12.1 Å². The van der Waals surface area contributed by atoms with Gasteiger partial charge in [0.05, 0.1) is 54.3 Å². The molecule has 0 amide bonds. The molecule has 0 aromatic heterocycles. The molecule has 10 heteroatoms. The van der Waals surface area contributed by atoms with Crippen LogP contribution in [0.5, 0.6) is 0 Å². The Morgan fingerprint density at radius 1 is 0.735 bits per heavy atom. The van der Waals surface area contributed by atoms with Crippen LogP contribution in [0, 0.1) is 42.9 Å². The fourth-order valence-electron chi connectivity index (χ4n) is 3.10. The lowest BCUT2D eigenvalue weighted by atomic mass is 10.0. The van der Waals surface area contributed by atoms with Gasteiger partial charge in [0.25, 0.3) is 11.4 Å². The Labute approximate surface area is 203 Å². The van der Waals surface area contributed by atoms with Gasteiger partial charge in [0, 0.05) is 12.1 Å². The zero-order valence-corrected chi connectivity index (χ0v) is 18.6. The zero-order valence-electron chi connectivity index (χ0n) is 17.1. The molecule has 0 bridgehead atoms. The lowest BCUT2D eigenvalue weighted by molar-refractivity contribution is -0.385. The Kier molecular flexibility index (Phi) is 7.39. The minimum absolute atomic E-state index is 0.0890. The van der Waals surface area contributed by atoms with Gasteiger partial charge in [0.1, 0.15) is 0 Å². The molecule has 0 aliphatic heterocycles. The van der Waals surface area contributed by atoms with E-state index in [1.165, 1.54) is 36.4 Å². The number of hydrogen-bond acceptors (Lipinski definition) is 6. The molecule has 0 aliphatic rings. The molecule has 0 N–H and O–H groups in total. The molecule has 3 aromatic carbocycles. The van der Waals surface area contributed by atoms with Crippen LogP contribution in [-0.4, -0.2) is 9.85 Å². The van der Waals surface area contributed by atoms with Crippen molar-refractivity contribution in [1.82, 2.24) is 0 Å². The summed E-state index contributed by atoms with van der Waals surface area (Å²) in [4.78, 5) is 21.6. The molecule has 0 fully saturated rings. The molecule has 0 spiro atoms. The van der Waals surface area contributed by atoms with Gasteiger partial charge in [-0.05, 0) is 53.6 Å². The summed E-state index contributed by atoms with van der Waals surface area (Å²) in [5.41, 5.74) is 1.17. The van der Waals surface area contributed by atoms with Crippen LogP contribution in [0.25, 0.3) is 22.2 Å². The van der Waals surface area contributed by atoms with Gasteiger partial charge in [0.2, 0.25) is 0 Å². The summed E-state index contributed by atoms with van der Waals surface area (Å²) in [5.74, 6) is 0. The van der Waals surface area contributed by atoms with Gasteiger partial charge in [-0.3, -0.25) is 20.2 Å². The fourth-order valence-corrected chi connectivity index (χ4v) is 3.67. The summed E-state index contributed by atoms with van der Waals surface area (Å²) in [7, 11) is 0. The number of nitriles is 2. The number of nitro groups is 2. The summed E-state index contributed by atoms with van der Waals surface area (Å²) in [6.45, 7) is 0. The van der Waals surface area contributed by atoms with Crippen molar-refractivity contribution in [3.8, 4) is 12.1 Å². The minimum Gasteiger partial charge on any atom is -0.258 e. The third-order valence-corrected chi connectivity index (χ3v) is 5.28. The van der Waals surface area contributed by atoms with Gasteiger partial charge in [0.15, 0.2) is 0 Å². The molecule has 0 unspecified atom stereocenters. The second-order valence-corrected chi connectivity index (χ2v) is 7.67. The van der Waals surface area contributed by atoms with Crippen molar-refractivity contribution < 1.29 is 9.85 Å². The summed E-state index contributed by atoms with van der Waals surface area (Å²) >= 11 is 12.7. The number of hydrogen-bond donors (Lipinski definition) is 0. The SMILES string of the molecule is N#Cc1ccc(/C(Cl)=C/c2cccc(/C=C(\Cl)c3ccc(C#N)cc3[N+](=O)[O-])c2)c([N+](=O)[O-])c1. The maximum Gasteiger partial charge on any atom is 0.279 e. The van der Waals surface area contributed by atoms with Crippen LogP contribution < -0.4 is 0 Å². The van der Waals surface area contributed by atoms with Gasteiger partial charge in [-0.1, -0.05) is 41.4 Å². The average Bonchev–Trinajstić information content (AvgIpc) is 2.83. The molecule has 0 aliphatic carbocycles. The Morgan fingerprint density at radius 3 is 1.50 bits per heavy atom. The first-order chi connectivity index (χ1) is 16.2. The second-order valence-electron chi connectivity index (χ2n) is 6.86. The lowest BCUT2D eigenvalue weighted by Gasteiger charge is -2.05. The van der Waals surface area contributed by atoms with E-state index in [9.17, 15) is 20.2 Å². The molecule has 3 rings (SSSR count). The van der Waals surface area contributed by atoms with Crippen LogP contribution in [0.2, 0.25) is 0 Å².